The summed E-state index contributed by atoms with van der Waals surface area (Å²) in [6.07, 6.45) is -5.47. The van der Waals surface area contributed by atoms with Gasteiger partial charge in [-0.15, -0.1) is 0 Å². The smallest absolute Gasteiger partial charge is 0.416 e. The van der Waals surface area contributed by atoms with Crippen molar-refractivity contribution >= 4 is 17.6 Å². The van der Waals surface area contributed by atoms with Gasteiger partial charge in [0.25, 0.3) is 5.91 Å². The summed E-state index contributed by atoms with van der Waals surface area (Å²) in [5.74, 6) is -1.25. The highest BCUT2D eigenvalue weighted by Crippen LogP contribution is 2.35. The molecule has 0 spiro atoms. The minimum Gasteiger partial charge on any atom is -0.448 e. The van der Waals surface area contributed by atoms with E-state index in [1.54, 1.807) is 30.3 Å². The normalized spacial score (nSPS) is 18.9. The topological polar surface area (TPSA) is 67.9 Å². The largest absolute Gasteiger partial charge is 0.448 e. The molecule has 0 radical (unpaired) electrons. The van der Waals surface area contributed by atoms with Gasteiger partial charge >= 0.3 is 12.1 Å². The first-order valence-electron chi connectivity index (χ1n) is 9.92. The van der Waals surface area contributed by atoms with E-state index >= 15 is 0 Å². The second-order valence-corrected chi connectivity index (χ2v) is 7.41. The van der Waals surface area contributed by atoms with Crippen molar-refractivity contribution in [3.8, 4) is 0 Å². The van der Waals surface area contributed by atoms with Crippen LogP contribution in [0.2, 0.25) is 0 Å². The predicted molar refractivity (Wildman–Crippen MR) is 106 cm³/mol. The SMILES string of the molecule is O=C1O[C@@H](C(=O)NCc2ccc(N3CCOCC3)cc2C(F)(F)F)Cc2ccccc21. The van der Waals surface area contributed by atoms with E-state index < -0.39 is 29.7 Å². The lowest BCUT2D eigenvalue weighted by atomic mass is 9.98. The molecule has 0 aliphatic carbocycles. The average molecular weight is 434 g/mol. The molecule has 2 aliphatic rings. The van der Waals surface area contributed by atoms with Gasteiger partial charge in [0.2, 0.25) is 0 Å². The van der Waals surface area contributed by atoms with Crippen LogP contribution in [0.15, 0.2) is 42.5 Å². The van der Waals surface area contributed by atoms with Crippen molar-refractivity contribution in [1.82, 2.24) is 5.32 Å². The number of ether oxygens (including phenoxy) is 2. The number of esters is 1. The fraction of sp³-hybridized carbons (Fsp3) is 0.364. The zero-order chi connectivity index (χ0) is 22.0. The number of fused-ring (bicyclic) bond motifs is 1. The molecular formula is C22H21F3N2O4. The Balaban J connectivity index is 1.47. The molecule has 2 aliphatic heterocycles. The van der Waals surface area contributed by atoms with E-state index in [0.29, 0.717) is 43.1 Å². The summed E-state index contributed by atoms with van der Waals surface area (Å²) in [5.41, 5.74) is 0.668. The van der Waals surface area contributed by atoms with Gasteiger partial charge in [0.05, 0.1) is 24.3 Å². The zero-order valence-corrected chi connectivity index (χ0v) is 16.6. The molecule has 6 nitrogen and oxygen atoms in total. The molecule has 2 heterocycles. The summed E-state index contributed by atoms with van der Waals surface area (Å²) in [4.78, 5) is 26.4. The minimum atomic E-state index is -4.57. The average Bonchev–Trinajstić information content (AvgIpc) is 2.77. The molecule has 4 rings (SSSR count). The number of nitrogens with zero attached hydrogens (tertiary/aromatic N) is 1. The van der Waals surface area contributed by atoms with Gasteiger partial charge in [-0.3, -0.25) is 4.79 Å². The number of rotatable bonds is 4. The van der Waals surface area contributed by atoms with E-state index in [1.165, 1.54) is 6.07 Å². The van der Waals surface area contributed by atoms with Crippen molar-refractivity contribution in [2.75, 3.05) is 31.2 Å². The van der Waals surface area contributed by atoms with Gasteiger partial charge in [-0.1, -0.05) is 24.3 Å². The Bertz CT molecular complexity index is 987. The van der Waals surface area contributed by atoms with Crippen LogP contribution in [0.1, 0.15) is 27.0 Å². The lowest BCUT2D eigenvalue weighted by Gasteiger charge is -2.30. The molecule has 2 aromatic carbocycles. The first kappa shape index (κ1) is 21.2. The van der Waals surface area contributed by atoms with Gasteiger partial charge in [-0.2, -0.15) is 13.2 Å². The number of hydrogen-bond donors (Lipinski definition) is 1. The number of nitrogens with one attached hydrogen (secondary N) is 1. The first-order valence-corrected chi connectivity index (χ1v) is 9.92. The fourth-order valence-electron chi connectivity index (χ4n) is 3.77. The molecule has 1 atom stereocenters. The Morgan fingerprint density at radius 2 is 1.87 bits per heavy atom. The van der Waals surface area contributed by atoms with Crippen molar-refractivity contribution in [1.29, 1.82) is 0 Å². The summed E-state index contributed by atoms with van der Waals surface area (Å²) < 4.78 is 51.4. The number of morpholine rings is 1. The van der Waals surface area contributed by atoms with Crippen LogP contribution in [0.3, 0.4) is 0 Å². The Morgan fingerprint density at radius 3 is 2.61 bits per heavy atom. The fourth-order valence-corrected chi connectivity index (χ4v) is 3.77. The molecule has 9 heteroatoms. The second-order valence-electron chi connectivity index (χ2n) is 7.41. The highest BCUT2D eigenvalue weighted by molar-refractivity contribution is 5.95. The summed E-state index contributed by atoms with van der Waals surface area (Å²) >= 11 is 0. The maximum absolute atomic E-state index is 13.7. The van der Waals surface area contributed by atoms with Gasteiger partial charge in [0.1, 0.15) is 0 Å². The molecule has 0 aromatic heterocycles. The number of cyclic esters (lactones) is 1. The van der Waals surface area contributed by atoms with E-state index in [1.807, 2.05) is 4.90 Å². The first-order chi connectivity index (χ1) is 14.8. The maximum Gasteiger partial charge on any atom is 0.416 e. The molecular weight excluding hydrogens is 413 g/mol. The number of carbonyl (C=O) groups is 2. The Kier molecular flexibility index (Phi) is 5.86. The number of carbonyl (C=O) groups excluding carboxylic acids is 2. The molecule has 2 aromatic rings. The highest BCUT2D eigenvalue weighted by atomic mass is 19.4. The number of amides is 1. The predicted octanol–water partition coefficient (Wildman–Crippen LogP) is 2.94. The Hall–Kier alpha value is -3.07. The minimum absolute atomic E-state index is 0.0552. The lowest BCUT2D eigenvalue weighted by molar-refractivity contribution is -0.138. The van der Waals surface area contributed by atoms with E-state index in [-0.39, 0.29) is 18.5 Å². The molecule has 0 bridgehead atoms. The van der Waals surface area contributed by atoms with Crippen molar-refractivity contribution in [3.63, 3.8) is 0 Å². The molecule has 1 fully saturated rings. The molecule has 164 valence electrons. The number of alkyl halides is 3. The third-order valence-corrected chi connectivity index (χ3v) is 5.41. The second kappa shape index (κ2) is 8.58. The monoisotopic (exact) mass is 434 g/mol. The van der Waals surface area contributed by atoms with E-state index in [4.69, 9.17) is 9.47 Å². The van der Waals surface area contributed by atoms with Crippen molar-refractivity contribution < 1.29 is 32.2 Å². The summed E-state index contributed by atoms with van der Waals surface area (Å²) in [7, 11) is 0. The Labute approximate surface area is 176 Å². The van der Waals surface area contributed by atoms with E-state index in [2.05, 4.69) is 5.32 Å². The lowest BCUT2D eigenvalue weighted by Crippen LogP contribution is -2.41. The number of anilines is 1. The highest BCUT2D eigenvalue weighted by Gasteiger charge is 2.35. The Morgan fingerprint density at radius 1 is 1.13 bits per heavy atom. The van der Waals surface area contributed by atoms with Crippen LogP contribution in [0.4, 0.5) is 18.9 Å². The van der Waals surface area contributed by atoms with Gasteiger partial charge < -0.3 is 19.7 Å². The van der Waals surface area contributed by atoms with Gasteiger partial charge in [-0.05, 0) is 29.3 Å². The summed E-state index contributed by atoms with van der Waals surface area (Å²) in [6, 6.07) is 10.9. The molecule has 0 saturated carbocycles. The van der Waals surface area contributed by atoms with Gasteiger partial charge in [0.15, 0.2) is 6.10 Å². The van der Waals surface area contributed by atoms with Crippen LogP contribution in [0.5, 0.6) is 0 Å². The van der Waals surface area contributed by atoms with E-state index in [9.17, 15) is 22.8 Å². The molecule has 1 amide bonds. The molecule has 0 unspecified atom stereocenters. The van der Waals surface area contributed by atoms with Gasteiger partial charge in [-0.25, -0.2) is 4.79 Å². The van der Waals surface area contributed by atoms with Crippen LogP contribution in [0.25, 0.3) is 0 Å². The molecule has 1 saturated heterocycles. The third-order valence-electron chi connectivity index (χ3n) is 5.41. The van der Waals surface area contributed by atoms with Crippen LogP contribution >= 0.6 is 0 Å². The standard InChI is InChI=1S/C22H21F3N2O4/c23-22(24,25)18-12-16(27-7-9-30-10-8-27)6-5-15(18)13-26-20(28)19-11-14-3-1-2-4-17(14)21(29)31-19/h1-6,12,19H,7-11,13H2,(H,26,28)/t19-/m1/s1. The van der Waals surface area contributed by atoms with Crippen molar-refractivity contribution in [2.24, 2.45) is 0 Å². The number of benzene rings is 2. The summed E-state index contributed by atoms with van der Waals surface area (Å²) in [5, 5.41) is 2.48. The molecule has 31 heavy (non-hydrogen) atoms. The number of hydrogen-bond acceptors (Lipinski definition) is 5. The van der Waals surface area contributed by atoms with Crippen LogP contribution in [0, 0.1) is 0 Å². The van der Waals surface area contributed by atoms with Crippen LogP contribution < -0.4 is 10.2 Å². The van der Waals surface area contributed by atoms with Crippen LogP contribution in [-0.2, 0) is 33.4 Å². The summed E-state index contributed by atoms with van der Waals surface area (Å²) in [6.45, 7) is 1.63. The van der Waals surface area contributed by atoms with Gasteiger partial charge in [0, 0.05) is 31.7 Å². The van der Waals surface area contributed by atoms with Crippen LogP contribution in [-0.4, -0.2) is 44.3 Å². The molecule has 1 N–H and O–H groups in total. The zero-order valence-electron chi connectivity index (χ0n) is 16.6. The van der Waals surface area contributed by atoms with Crippen molar-refractivity contribution in [3.05, 3.63) is 64.7 Å². The van der Waals surface area contributed by atoms with Crippen molar-refractivity contribution in [2.45, 2.75) is 25.2 Å². The quantitative estimate of drug-likeness (QED) is 0.750. The third kappa shape index (κ3) is 4.66. The van der Waals surface area contributed by atoms with E-state index in [0.717, 1.165) is 6.07 Å². The maximum atomic E-state index is 13.7. The number of halogens is 3.